The van der Waals surface area contributed by atoms with E-state index in [1.807, 2.05) is 22.6 Å². The fourth-order valence-corrected chi connectivity index (χ4v) is 2.36. The van der Waals surface area contributed by atoms with Crippen LogP contribution in [0.1, 0.15) is 11.3 Å². The molecule has 2 aromatic rings. The van der Waals surface area contributed by atoms with Crippen molar-refractivity contribution in [2.75, 3.05) is 0 Å². The van der Waals surface area contributed by atoms with Crippen LogP contribution in [0.4, 0.5) is 8.78 Å². The number of halogens is 4. The van der Waals surface area contributed by atoms with E-state index in [9.17, 15) is 13.6 Å². The number of benzene rings is 1. The molecule has 0 spiro atoms. The van der Waals surface area contributed by atoms with Gasteiger partial charge in [0.2, 0.25) is 0 Å². The van der Waals surface area contributed by atoms with Gasteiger partial charge >= 0.3 is 0 Å². The largest absolute Gasteiger partial charge is 0.294 e. The van der Waals surface area contributed by atoms with Crippen LogP contribution in [-0.2, 0) is 6.54 Å². The number of aryl methyl sites for hydroxylation is 1. The molecule has 0 N–H and O–H groups in total. The molecule has 19 heavy (non-hydrogen) atoms. The summed E-state index contributed by atoms with van der Waals surface area (Å²) < 4.78 is 29.2. The molecule has 1 heterocycles. The highest BCUT2D eigenvalue weighted by atomic mass is 127. The second-order valence-electron chi connectivity index (χ2n) is 3.90. The van der Waals surface area contributed by atoms with Gasteiger partial charge < -0.3 is 0 Å². The van der Waals surface area contributed by atoms with Crippen molar-refractivity contribution in [3.05, 3.63) is 59.7 Å². The molecule has 0 aliphatic heterocycles. The van der Waals surface area contributed by atoms with Gasteiger partial charge in [0.15, 0.2) is 0 Å². The summed E-state index contributed by atoms with van der Waals surface area (Å²) in [7, 11) is 0. The maximum Gasteiger partial charge on any atom is 0.267 e. The van der Waals surface area contributed by atoms with Gasteiger partial charge in [0, 0.05) is 5.56 Å². The normalized spacial score (nSPS) is 10.8. The van der Waals surface area contributed by atoms with Gasteiger partial charge in [0.05, 0.1) is 26.6 Å². The van der Waals surface area contributed by atoms with Gasteiger partial charge in [-0.2, -0.15) is 0 Å². The minimum Gasteiger partial charge on any atom is -0.294 e. The smallest absolute Gasteiger partial charge is 0.267 e. The van der Waals surface area contributed by atoms with Gasteiger partial charge in [-0.25, -0.2) is 13.8 Å². The van der Waals surface area contributed by atoms with Crippen LogP contribution in [0.25, 0.3) is 0 Å². The molecule has 0 atom stereocenters. The Bertz CT molecular complexity index is 703. The molecule has 0 amide bonds. The SMILES string of the molecule is Cc1ncn(Cc2c(F)ccc(Br)c2F)c(=O)c1I. The molecule has 3 nitrogen and oxygen atoms in total. The van der Waals surface area contributed by atoms with Crippen LogP contribution in [-0.4, -0.2) is 9.55 Å². The van der Waals surface area contributed by atoms with Crippen molar-refractivity contribution in [2.24, 2.45) is 0 Å². The molecule has 0 fully saturated rings. The van der Waals surface area contributed by atoms with E-state index >= 15 is 0 Å². The topological polar surface area (TPSA) is 34.9 Å². The Hall–Kier alpha value is -0.830. The van der Waals surface area contributed by atoms with E-state index in [1.54, 1.807) is 6.92 Å². The van der Waals surface area contributed by atoms with E-state index in [0.29, 0.717) is 9.26 Å². The zero-order valence-corrected chi connectivity index (χ0v) is 13.5. The number of aromatic nitrogens is 2. The molecule has 1 aromatic heterocycles. The van der Waals surface area contributed by atoms with Crippen molar-refractivity contribution in [1.29, 1.82) is 0 Å². The molecule has 2 rings (SSSR count). The lowest BCUT2D eigenvalue weighted by Crippen LogP contribution is -2.25. The van der Waals surface area contributed by atoms with Crippen LogP contribution in [0, 0.1) is 22.1 Å². The molecule has 0 radical (unpaired) electrons. The van der Waals surface area contributed by atoms with Gasteiger partial charge in [-0.1, -0.05) is 0 Å². The predicted octanol–water partition coefficient (Wildman–Crippen LogP) is 3.25. The number of hydrogen-bond donors (Lipinski definition) is 0. The average molecular weight is 441 g/mol. The van der Waals surface area contributed by atoms with Crippen molar-refractivity contribution < 1.29 is 8.78 Å². The Morgan fingerprint density at radius 3 is 2.79 bits per heavy atom. The third-order valence-electron chi connectivity index (χ3n) is 2.62. The number of nitrogens with zero attached hydrogens (tertiary/aromatic N) is 2. The maximum absolute atomic E-state index is 13.8. The zero-order valence-electron chi connectivity index (χ0n) is 9.75. The van der Waals surface area contributed by atoms with E-state index < -0.39 is 11.6 Å². The maximum atomic E-state index is 13.8. The first-order chi connectivity index (χ1) is 8.91. The lowest BCUT2D eigenvalue weighted by Gasteiger charge is -2.09. The van der Waals surface area contributed by atoms with E-state index in [-0.39, 0.29) is 22.1 Å². The standard InChI is InChI=1S/C12H8BrF2IN2O/c1-6-11(16)12(19)18(5-17-6)4-7-9(14)3-2-8(13)10(7)15/h2-3,5H,4H2,1H3. The van der Waals surface area contributed by atoms with Crippen molar-refractivity contribution in [3.8, 4) is 0 Å². The van der Waals surface area contributed by atoms with E-state index in [2.05, 4.69) is 20.9 Å². The van der Waals surface area contributed by atoms with Gasteiger partial charge in [-0.3, -0.25) is 9.36 Å². The first-order valence-electron chi connectivity index (χ1n) is 5.25. The van der Waals surface area contributed by atoms with Crippen LogP contribution < -0.4 is 5.56 Å². The lowest BCUT2D eigenvalue weighted by atomic mass is 10.2. The van der Waals surface area contributed by atoms with Crippen LogP contribution in [0.5, 0.6) is 0 Å². The molecule has 100 valence electrons. The average Bonchev–Trinajstić information content (AvgIpc) is 2.39. The molecule has 0 aliphatic carbocycles. The highest BCUT2D eigenvalue weighted by Gasteiger charge is 2.14. The molecule has 1 aromatic carbocycles. The summed E-state index contributed by atoms with van der Waals surface area (Å²) in [5, 5.41) is 0. The van der Waals surface area contributed by atoms with Crippen molar-refractivity contribution in [2.45, 2.75) is 13.5 Å². The second kappa shape index (κ2) is 5.66. The third-order valence-corrected chi connectivity index (χ3v) is 4.48. The molecule has 0 unspecified atom stereocenters. The molecule has 0 bridgehead atoms. The number of hydrogen-bond acceptors (Lipinski definition) is 2. The van der Waals surface area contributed by atoms with Crippen LogP contribution in [0.15, 0.2) is 27.7 Å². The minimum absolute atomic E-state index is 0.159. The minimum atomic E-state index is -0.706. The summed E-state index contributed by atoms with van der Waals surface area (Å²) >= 11 is 4.86. The lowest BCUT2D eigenvalue weighted by molar-refractivity contribution is 0.535. The quantitative estimate of drug-likeness (QED) is 0.530. The molecule has 0 saturated carbocycles. The fourth-order valence-electron chi connectivity index (χ4n) is 1.54. The molecule has 0 saturated heterocycles. The van der Waals surface area contributed by atoms with E-state index in [1.165, 1.54) is 17.0 Å². The summed E-state index contributed by atoms with van der Waals surface area (Å²) in [6.07, 6.45) is 1.29. The highest BCUT2D eigenvalue weighted by molar-refractivity contribution is 14.1. The monoisotopic (exact) mass is 440 g/mol. The number of rotatable bonds is 2. The molecule has 0 aliphatic rings. The van der Waals surface area contributed by atoms with Crippen LogP contribution >= 0.6 is 38.5 Å². The molecular weight excluding hydrogens is 433 g/mol. The van der Waals surface area contributed by atoms with E-state index in [4.69, 9.17) is 0 Å². The fraction of sp³-hybridized carbons (Fsp3) is 0.167. The second-order valence-corrected chi connectivity index (χ2v) is 5.83. The van der Waals surface area contributed by atoms with Gasteiger partial charge in [0.1, 0.15) is 11.6 Å². The van der Waals surface area contributed by atoms with Gasteiger partial charge in [-0.15, -0.1) is 0 Å². The Balaban J connectivity index is 2.51. The molecular formula is C12H8BrF2IN2O. The van der Waals surface area contributed by atoms with Crippen LogP contribution in [0.3, 0.4) is 0 Å². The Kier molecular flexibility index (Phi) is 4.34. The summed E-state index contributed by atoms with van der Waals surface area (Å²) in [6.45, 7) is 1.51. The van der Waals surface area contributed by atoms with E-state index in [0.717, 1.165) is 6.07 Å². The van der Waals surface area contributed by atoms with Crippen molar-refractivity contribution >= 4 is 38.5 Å². The summed E-state index contributed by atoms with van der Waals surface area (Å²) in [4.78, 5) is 16.0. The van der Waals surface area contributed by atoms with Gasteiger partial charge in [-0.05, 0) is 57.6 Å². The third kappa shape index (κ3) is 2.86. The summed E-state index contributed by atoms with van der Waals surface area (Å²) in [6, 6.07) is 2.44. The molecule has 7 heteroatoms. The summed E-state index contributed by atoms with van der Waals surface area (Å²) in [5.74, 6) is -1.40. The highest BCUT2D eigenvalue weighted by Crippen LogP contribution is 2.22. The van der Waals surface area contributed by atoms with Crippen molar-refractivity contribution in [1.82, 2.24) is 9.55 Å². The Morgan fingerprint density at radius 2 is 2.11 bits per heavy atom. The van der Waals surface area contributed by atoms with Crippen LogP contribution in [0.2, 0.25) is 0 Å². The Morgan fingerprint density at radius 1 is 1.42 bits per heavy atom. The predicted molar refractivity (Wildman–Crippen MR) is 79.1 cm³/mol. The zero-order chi connectivity index (χ0) is 14.2. The first kappa shape index (κ1) is 14.6. The summed E-state index contributed by atoms with van der Waals surface area (Å²) in [5.41, 5.74) is 0.113. The van der Waals surface area contributed by atoms with Crippen molar-refractivity contribution in [3.63, 3.8) is 0 Å². The van der Waals surface area contributed by atoms with Gasteiger partial charge in [0.25, 0.3) is 5.56 Å². The Labute approximate surface area is 129 Å². The first-order valence-corrected chi connectivity index (χ1v) is 7.13.